The molecule has 2 aromatic heterocycles. The molecule has 0 spiro atoms. The van der Waals surface area contributed by atoms with E-state index in [4.69, 9.17) is 0 Å². The maximum atomic E-state index is 11.4. The van der Waals surface area contributed by atoms with Crippen molar-refractivity contribution >= 4 is 22.3 Å². The standard InChI is InChI=1S/C18H14N4O/c23-18-8-6-13-5-7-15(12-17(13)21-18)20-14-3-1-4-16(11-14)22-10-2-9-19-22/h1-12,20H,(H,21,23). The summed E-state index contributed by atoms with van der Waals surface area (Å²) in [5.41, 5.74) is 3.56. The number of pyridine rings is 1. The van der Waals surface area contributed by atoms with Crippen molar-refractivity contribution < 1.29 is 0 Å². The van der Waals surface area contributed by atoms with Crippen LogP contribution in [0.2, 0.25) is 0 Å². The Morgan fingerprint density at radius 2 is 1.83 bits per heavy atom. The van der Waals surface area contributed by atoms with E-state index >= 15 is 0 Å². The number of nitrogens with one attached hydrogen (secondary N) is 2. The molecule has 0 aliphatic heterocycles. The Bertz CT molecular complexity index is 1020. The van der Waals surface area contributed by atoms with Crippen molar-refractivity contribution in [1.29, 1.82) is 0 Å². The van der Waals surface area contributed by atoms with E-state index < -0.39 is 0 Å². The zero-order valence-electron chi connectivity index (χ0n) is 12.2. The van der Waals surface area contributed by atoms with E-state index in [1.807, 2.05) is 65.5 Å². The van der Waals surface area contributed by atoms with E-state index in [1.54, 1.807) is 6.20 Å². The molecule has 5 nitrogen and oxygen atoms in total. The minimum atomic E-state index is -0.102. The molecule has 112 valence electrons. The maximum Gasteiger partial charge on any atom is 0.248 e. The van der Waals surface area contributed by atoms with Gasteiger partial charge in [0, 0.05) is 29.8 Å². The molecule has 0 bridgehead atoms. The number of fused-ring (bicyclic) bond motifs is 1. The Balaban J connectivity index is 1.68. The highest BCUT2D eigenvalue weighted by Crippen LogP contribution is 2.22. The fourth-order valence-electron chi connectivity index (χ4n) is 2.54. The Morgan fingerprint density at radius 1 is 0.957 bits per heavy atom. The van der Waals surface area contributed by atoms with E-state index in [1.165, 1.54) is 6.07 Å². The Labute approximate surface area is 132 Å². The molecule has 23 heavy (non-hydrogen) atoms. The lowest BCUT2D eigenvalue weighted by atomic mass is 10.2. The normalized spacial score (nSPS) is 10.8. The van der Waals surface area contributed by atoms with Crippen LogP contribution in [0.4, 0.5) is 11.4 Å². The summed E-state index contributed by atoms with van der Waals surface area (Å²) in [6.45, 7) is 0. The molecule has 0 amide bonds. The fourth-order valence-corrected chi connectivity index (χ4v) is 2.54. The second kappa shape index (κ2) is 5.46. The third-order valence-corrected chi connectivity index (χ3v) is 3.63. The Morgan fingerprint density at radius 3 is 2.70 bits per heavy atom. The summed E-state index contributed by atoms with van der Waals surface area (Å²) in [7, 11) is 0. The second-order valence-electron chi connectivity index (χ2n) is 5.25. The van der Waals surface area contributed by atoms with Crippen LogP contribution < -0.4 is 10.9 Å². The van der Waals surface area contributed by atoms with Gasteiger partial charge in [0.1, 0.15) is 0 Å². The second-order valence-corrected chi connectivity index (χ2v) is 5.25. The van der Waals surface area contributed by atoms with Crippen LogP contribution in [0.3, 0.4) is 0 Å². The number of anilines is 2. The van der Waals surface area contributed by atoms with Gasteiger partial charge in [-0.25, -0.2) is 4.68 Å². The Hall–Kier alpha value is -3.34. The number of hydrogen-bond acceptors (Lipinski definition) is 3. The maximum absolute atomic E-state index is 11.4. The fraction of sp³-hybridized carbons (Fsp3) is 0. The van der Waals surface area contributed by atoms with Gasteiger partial charge in [-0.1, -0.05) is 12.1 Å². The number of hydrogen-bond donors (Lipinski definition) is 2. The zero-order valence-corrected chi connectivity index (χ0v) is 12.2. The molecule has 0 aliphatic rings. The first kappa shape index (κ1) is 13.3. The Kier molecular flexibility index (Phi) is 3.16. The molecule has 4 aromatic rings. The summed E-state index contributed by atoms with van der Waals surface area (Å²) in [6.07, 6.45) is 3.65. The van der Waals surface area contributed by atoms with Gasteiger partial charge < -0.3 is 10.3 Å². The van der Waals surface area contributed by atoms with Crippen LogP contribution in [0, 0.1) is 0 Å². The van der Waals surface area contributed by atoms with E-state index in [9.17, 15) is 4.79 Å². The third kappa shape index (κ3) is 2.72. The molecule has 4 rings (SSSR count). The molecule has 5 heteroatoms. The van der Waals surface area contributed by atoms with Crippen LogP contribution in [0.25, 0.3) is 16.6 Å². The number of benzene rings is 2. The van der Waals surface area contributed by atoms with E-state index in [-0.39, 0.29) is 5.56 Å². The molecule has 0 unspecified atom stereocenters. The van der Waals surface area contributed by atoms with Gasteiger partial charge in [-0.05, 0) is 47.9 Å². The van der Waals surface area contributed by atoms with Crippen LogP contribution in [0.1, 0.15) is 0 Å². The van der Waals surface area contributed by atoms with Gasteiger partial charge in [-0.3, -0.25) is 4.79 Å². The highest BCUT2D eigenvalue weighted by Gasteiger charge is 2.01. The van der Waals surface area contributed by atoms with Gasteiger partial charge in [-0.2, -0.15) is 5.10 Å². The monoisotopic (exact) mass is 302 g/mol. The first-order valence-corrected chi connectivity index (χ1v) is 7.28. The average molecular weight is 302 g/mol. The van der Waals surface area contributed by atoms with Crippen LogP contribution in [0.15, 0.2) is 77.9 Å². The molecule has 2 heterocycles. The predicted molar refractivity (Wildman–Crippen MR) is 91.4 cm³/mol. The van der Waals surface area contributed by atoms with E-state index in [2.05, 4.69) is 15.4 Å². The largest absolute Gasteiger partial charge is 0.355 e. The number of rotatable bonds is 3. The molecule has 2 N–H and O–H groups in total. The minimum Gasteiger partial charge on any atom is -0.355 e. The molecular formula is C18H14N4O. The quantitative estimate of drug-likeness (QED) is 0.609. The molecule has 0 radical (unpaired) electrons. The summed E-state index contributed by atoms with van der Waals surface area (Å²) in [6, 6.07) is 19.1. The number of aromatic nitrogens is 3. The van der Waals surface area contributed by atoms with Gasteiger partial charge >= 0.3 is 0 Å². The summed E-state index contributed by atoms with van der Waals surface area (Å²) < 4.78 is 1.81. The van der Waals surface area contributed by atoms with Crippen molar-refractivity contribution in [3.05, 3.63) is 83.4 Å². The van der Waals surface area contributed by atoms with Crippen molar-refractivity contribution in [2.24, 2.45) is 0 Å². The van der Waals surface area contributed by atoms with Crippen molar-refractivity contribution in [2.45, 2.75) is 0 Å². The molecule has 0 aliphatic carbocycles. The van der Waals surface area contributed by atoms with Gasteiger partial charge in [0.05, 0.1) is 11.2 Å². The zero-order chi connectivity index (χ0) is 15.6. The van der Waals surface area contributed by atoms with Gasteiger partial charge in [-0.15, -0.1) is 0 Å². The number of nitrogens with zero attached hydrogens (tertiary/aromatic N) is 2. The molecule has 0 saturated carbocycles. The van der Waals surface area contributed by atoms with Crippen molar-refractivity contribution in [3.8, 4) is 5.69 Å². The number of aromatic amines is 1. The van der Waals surface area contributed by atoms with Gasteiger partial charge in [0.15, 0.2) is 0 Å². The van der Waals surface area contributed by atoms with Crippen LogP contribution in [-0.2, 0) is 0 Å². The smallest absolute Gasteiger partial charge is 0.248 e. The summed E-state index contributed by atoms with van der Waals surface area (Å²) >= 11 is 0. The molecule has 2 aromatic carbocycles. The molecule has 0 fully saturated rings. The van der Waals surface area contributed by atoms with E-state index in [0.29, 0.717) is 0 Å². The van der Waals surface area contributed by atoms with Gasteiger partial charge in [0.25, 0.3) is 0 Å². The SMILES string of the molecule is O=c1ccc2ccc(Nc3cccc(-n4cccn4)c3)cc2[nH]1. The van der Waals surface area contributed by atoms with Crippen molar-refractivity contribution in [1.82, 2.24) is 14.8 Å². The van der Waals surface area contributed by atoms with Crippen molar-refractivity contribution in [3.63, 3.8) is 0 Å². The lowest BCUT2D eigenvalue weighted by Gasteiger charge is -2.09. The summed E-state index contributed by atoms with van der Waals surface area (Å²) in [5.74, 6) is 0. The molecule has 0 saturated heterocycles. The van der Waals surface area contributed by atoms with Crippen LogP contribution in [0.5, 0.6) is 0 Å². The van der Waals surface area contributed by atoms with Gasteiger partial charge in [0.2, 0.25) is 5.56 Å². The van der Waals surface area contributed by atoms with E-state index in [0.717, 1.165) is 28.0 Å². The predicted octanol–water partition coefficient (Wildman–Crippen LogP) is 3.46. The lowest BCUT2D eigenvalue weighted by molar-refractivity contribution is 0.881. The summed E-state index contributed by atoms with van der Waals surface area (Å²) in [4.78, 5) is 14.3. The summed E-state index contributed by atoms with van der Waals surface area (Å²) in [5, 5.41) is 8.59. The topological polar surface area (TPSA) is 62.7 Å². The van der Waals surface area contributed by atoms with Crippen LogP contribution in [-0.4, -0.2) is 14.8 Å². The highest BCUT2D eigenvalue weighted by molar-refractivity contribution is 5.83. The van der Waals surface area contributed by atoms with Crippen molar-refractivity contribution in [2.75, 3.05) is 5.32 Å². The first-order valence-electron chi connectivity index (χ1n) is 7.28. The van der Waals surface area contributed by atoms with Crippen LogP contribution >= 0.6 is 0 Å². The highest BCUT2D eigenvalue weighted by atomic mass is 16.1. The average Bonchev–Trinajstić information content (AvgIpc) is 3.09. The number of H-pyrrole nitrogens is 1. The lowest BCUT2D eigenvalue weighted by Crippen LogP contribution is -2.02. The third-order valence-electron chi connectivity index (χ3n) is 3.63. The minimum absolute atomic E-state index is 0.102. The molecule has 0 atom stereocenters. The molecular weight excluding hydrogens is 288 g/mol. The first-order chi connectivity index (χ1) is 11.3.